The van der Waals surface area contributed by atoms with Gasteiger partial charge in [0, 0.05) is 27.9 Å². The van der Waals surface area contributed by atoms with Gasteiger partial charge in [0.2, 0.25) is 5.91 Å². The summed E-state index contributed by atoms with van der Waals surface area (Å²) in [5.74, 6) is -0.427. The summed E-state index contributed by atoms with van der Waals surface area (Å²) in [4.78, 5) is 12.1. The standard InChI is InChI=1S/C27H21ClN2O/c28-21-13-14-22-25(16-21)30(24-12-6-11-23(26(22)24)27(29)31)17-20-10-5-4-9-19(20)15-18-7-2-1-3-8-18/h1-14,16H,15,17H2,(H2,29,31). The lowest BCUT2D eigenvalue weighted by Crippen LogP contribution is -2.11. The first-order valence-electron chi connectivity index (χ1n) is 10.2. The van der Waals surface area contributed by atoms with Crippen molar-refractivity contribution in [3.8, 4) is 0 Å². The third kappa shape index (κ3) is 3.58. The predicted octanol–water partition coefficient (Wildman–Crippen LogP) is 6.19. The molecule has 5 rings (SSSR count). The molecule has 0 radical (unpaired) electrons. The van der Waals surface area contributed by atoms with E-state index in [1.54, 1.807) is 6.07 Å². The lowest BCUT2D eigenvalue weighted by atomic mass is 9.99. The molecule has 0 unspecified atom stereocenters. The maximum absolute atomic E-state index is 12.1. The van der Waals surface area contributed by atoms with Crippen molar-refractivity contribution in [3.05, 3.63) is 118 Å². The number of fused-ring (bicyclic) bond motifs is 3. The van der Waals surface area contributed by atoms with Crippen LogP contribution in [0.3, 0.4) is 0 Å². The fourth-order valence-corrected chi connectivity index (χ4v) is 4.53. The molecule has 0 saturated heterocycles. The van der Waals surface area contributed by atoms with Crippen LogP contribution in [0.15, 0.2) is 91.0 Å². The van der Waals surface area contributed by atoms with Crippen LogP contribution in [0.2, 0.25) is 5.02 Å². The van der Waals surface area contributed by atoms with Gasteiger partial charge in [0.25, 0.3) is 0 Å². The minimum absolute atomic E-state index is 0.427. The molecule has 3 nitrogen and oxygen atoms in total. The molecular weight excluding hydrogens is 404 g/mol. The van der Waals surface area contributed by atoms with Crippen molar-refractivity contribution in [1.29, 1.82) is 0 Å². The smallest absolute Gasteiger partial charge is 0.249 e. The van der Waals surface area contributed by atoms with Crippen LogP contribution in [-0.4, -0.2) is 10.5 Å². The van der Waals surface area contributed by atoms with Gasteiger partial charge in [0.05, 0.1) is 11.0 Å². The fraction of sp³-hybridized carbons (Fsp3) is 0.0741. The van der Waals surface area contributed by atoms with Crippen LogP contribution in [0.1, 0.15) is 27.0 Å². The molecule has 0 bridgehead atoms. The number of rotatable bonds is 5. The second kappa shape index (κ2) is 7.93. The van der Waals surface area contributed by atoms with Crippen LogP contribution in [0.4, 0.5) is 0 Å². The van der Waals surface area contributed by atoms with E-state index < -0.39 is 5.91 Å². The molecule has 152 valence electrons. The van der Waals surface area contributed by atoms with E-state index in [1.807, 2.05) is 36.4 Å². The lowest BCUT2D eigenvalue weighted by molar-refractivity contribution is 0.100. The molecule has 4 heteroatoms. The number of benzene rings is 4. The van der Waals surface area contributed by atoms with Crippen molar-refractivity contribution < 1.29 is 4.79 Å². The number of carbonyl (C=O) groups excluding carboxylic acids is 1. The second-order valence-electron chi connectivity index (χ2n) is 7.74. The monoisotopic (exact) mass is 424 g/mol. The number of carbonyl (C=O) groups is 1. The number of primary amides is 1. The van der Waals surface area contributed by atoms with E-state index in [0.29, 0.717) is 17.1 Å². The molecule has 0 atom stereocenters. The summed E-state index contributed by atoms with van der Waals surface area (Å²) in [6.45, 7) is 0.672. The van der Waals surface area contributed by atoms with E-state index in [2.05, 4.69) is 53.1 Å². The summed E-state index contributed by atoms with van der Waals surface area (Å²) >= 11 is 6.36. The predicted molar refractivity (Wildman–Crippen MR) is 128 cm³/mol. The molecule has 0 fully saturated rings. The molecule has 0 spiro atoms. The zero-order valence-corrected chi connectivity index (χ0v) is 17.6. The number of hydrogen-bond donors (Lipinski definition) is 1. The highest BCUT2D eigenvalue weighted by Crippen LogP contribution is 2.34. The first-order chi connectivity index (χ1) is 15.1. The van der Waals surface area contributed by atoms with Gasteiger partial charge < -0.3 is 10.3 Å². The van der Waals surface area contributed by atoms with Crippen molar-refractivity contribution in [2.75, 3.05) is 0 Å². The molecule has 5 aromatic rings. The average Bonchev–Trinajstić information content (AvgIpc) is 3.08. The Labute approximate surface area is 185 Å². The van der Waals surface area contributed by atoms with E-state index in [9.17, 15) is 4.79 Å². The summed E-state index contributed by atoms with van der Waals surface area (Å²) in [5.41, 5.74) is 12.0. The minimum Gasteiger partial charge on any atom is -0.366 e. The Morgan fingerprint density at radius 2 is 1.55 bits per heavy atom. The third-order valence-electron chi connectivity index (χ3n) is 5.80. The van der Waals surface area contributed by atoms with Crippen molar-refractivity contribution in [3.63, 3.8) is 0 Å². The maximum atomic E-state index is 12.1. The number of aromatic nitrogens is 1. The Hall–Kier alpha value is -3.56. The molecular formula is C27H21ClN2O. The molecule has 31 heavy (non-hydrogen) atoms. The lowest BCUT2D eigenvalue weighted by Gasteiger charge is -2.13. The van der Waals surface area contributed by atoms with E-state index in [1.165, 1.54) is 16.7 Å². The van der Waals surface area contributed by atoms with Gasteiger partial charge in [-0.05, 0) is 47.4 Å². The zero-order valence-electron chi connectivity index (χ0n) is 16.9. The maximum Gasteiger partial charge on any atom is 0.249 e. The van der Waals surface area contributed by atoms with E-state index in [4.69, 9.17) is 17.3 Å². The molecule has 0 aliphatic heterocycles. The van der Waals surface area contributed by atoms with Crippen LogP contribution in [-0.2, 0) is 13.0 Å². The molecule has 1 heterocycles. The molecule has 0 saturated carbocycles. The summed E-state index contributed by atoms with van der Waals surface area (Å²) in [6, 6.07) is 30.5. The van der Waals surface area contributed by atoms with Crippen molar-refractivity contribution in [2.45, 2.75) is 13.0 Å². The third-order valence-corrected chi connectivity index (χ3v) is 6.04. The van der Waals surface area contributed by atoms with Crippen LogP contribution in [0, 0.1) is 0 Å². The molecule has 2 N–H and O–H groups in total. The molecule has 1 aromatic heterocycles. The summed E-state index contributed by atoms with van der Waals surface area (Å²) in [7, 11) is 0. The van der Waals surface area contributed by atoms with Crippen LogP contribution in [0.25, 0.3) is 21.8 Å². The van der Waals surface area contributed by atoms with Crippen LogP contribution < -0.4 is 5.73 Å². The number of amides is 1. The normalized spacial score (nSPS) is 11.3. The Bertz CT molecular complexity index is 1420. The van der Waals surface area contributed by atoms with Crippen LogP contribution >= 0.6 is 11.6 Å². The van der Waals surface area contributed by atoms with Gasteiger partial charge in [-0.25, -0.2) is 0 Å². The van der Waals surface area contributed by atoms with E-state index in [-0.39, 0.29) is 0 Å². The van der Waals surface area contributed by atoms with Crippen LogP contribution in [0.5, 0.6) is 0 Å². The summed E-state index contributed by atoms with van der Waals surface area (Å²) in [6.07, 6.45) is 0.863. The highest BCUT2D eigenvalue weighted by Gasteiger charge is 2.17. The number of halogens is 1. The van der Waals surface area contributed by atoms with E-state index >= 15 is 0 Å². The number of nitrogens with two attached hydrogens (primary N) is 1. The highest BCUT2D eigenvalue weighted by atomic mass is 35.5. The van der Waals surface area contributed by atoms with Crippen molar-refractivity contribution in [2.24, 2.45) is 5.73 Å². The first kappa shape index (κ1) is 19.4. The topological polar surface area (TPSA) is 48.0 Å². The highest BCUT2D eigenvalue weighted by molar-refractivity contribution is 6.32. The minimum atomic E-state index is -0.427. The summed E-state index contributed by atoms with van der Waals surface area (Å²) < 4.78 is 2.23. The number of nitrogens with zero attached hydrogens (tertiary/aromatic N) is 1. The van der Waals surface area contributed by atoms with E-state index in [0.717, 1.165) is 28.2 Å². The van der Waals surface area contributed by atoms with Gasteiger partial charge in [0.1, 0.15) is 0 Å². The number of hydrogen-bond acceptors (Lipinski definition) is 1. The SMILES string of the molecule is NC(=O)c1cccc2c1c1ccc(Cl)cc1n2Cc1ccccc1Cc1ccccc1. The Morgan fingerprint density at radius 3 is 2.32 bits per heavy atom. The molecule has 0 aliphatic carbocycles. The molecule has 0 aliphatic rings. The quantitative estimate of drug-likeness (QED) is 0.359. The van der Waals surface area contributed by atoms with Crippen molar-refractivity contribution >= 4 is 39.3 Å². The van der Waals surface area contributed by atoms with Crippen molar-refractivity contribution in [1.82, 2.24) is 4.57 Å². The second-order valence-corrected chi connectivity index (χ2v) is 8.18. The zero-order chi connectivity index (χ0) is 21.4. The Morgan fingerprint density at radius 1 is 0.806 bits per heavy atom. The van der Waals surface area contributed by atoms with Gasteiger partial charge in [0.15, 0.2) is 0 Å². The average molecular weight is 425 g/mol. The largest absolute Gasteiger partial charge is 0.366 e. The van der Waals surface area contributed by atoms with Gasteiger partial charge >= 0.3 is 0 Å². The van der Waals surface area contributed by atoms with Gasteiger partial charge in [-0.2, -0.15) is 0 Å². The van der Waals surface area contributed by atoms with Gasteiger partial charge in [-0.15, -0.1) is 0 Å². The molecule has 1 amide bonds. The first-order valence-corrected chi connectivity index (χ1v) is 10.6. The molecule has 4 aromatic carbocycles. The fourth-order valence-electron chi connectivity index (χ4n) is 4.36. The van der Waals surface area contributed by atoms with Gasteiger partial charge in [-0.1, -0.05) is 78.3 Å². The Kier molecular flexibility index (Phi) is 4.97. The van der Waals surface area contributed by atoms with Gasteiger partial charge in [-0.3, -0.25) is 4.79 Å². The summed E-state index contributed by atoms with van der Waals surface area (Å²) in [5, 5.41) is 2.52. The Balaban J connectivity index is 1.69.